The van der Waals surface area contributed by atoms with Crippen LogP contribution >= 0.6 is 11.3 Å². The number of esters is 1. The lowest BCUT2D eigenvalue weighted by atomic mass is 9.98. The van der Waals surface area contributed by atoms with Crippen molar-refractivity contribution in [1.29, 1.82) is 0 Å². The number of rotatable bonds is 4. The minimum Gasteiger partial charge on any atom is -0.462 e. The number of benzene rings is 1. The Hall–Kier alpha value is -2.01. The first-order valence-electron chi connectivity index (χ1n) is 8.51. The minimum atomic E-state index is -0.332. The molecule has 1 fully saturated rings. The number of nitrogen functional groups attached to an aromatic ring is 1. The van der Waals surface area contributed by atoms with Gasteiger partial charge in [-0.15, -0.1) is 0 Å². The topological polar surface area (TPSA) is 55.6 Å². The van der Waals surface area contributed by atoms with Gasteiger partial charge in [0.25, 0.3) is 0 Å². The molecule has 0 bridgehead atoms. The maximum atomic E-state index is 12.5. The third-order valence-electron chi connectivity index (χ3n) is 4.53. The van der Waals surface area contributed by atoms with Crippen molar-refractivity contribution in [1.82, 2.24) is 0 Å². The van der Waals surface area contributed by atoms with E-state index in [1.54, 1.807) is 0 Å². The highest BCUT2D eigenvalue weighted by Crippen LogP contribution is 2.46. The van der Waals surface area contributed by atoms with Crippen molar-refractivity contribution in [2.45, 2.75) is 26.7 Å². The molecular formula is C19H24N2O2S. The van der Waals surface area contributed by atoms with Crippen molar-refractivity contribution in [3.63, 3.8) is 0 Å². The summed E-state index contributed by atoms with van der Waals surface area (Å²) in [7, 11) is 0. The Bertz CT molecular complexity index is 704. The van der Waals surface area contributed by atoms with Gasteiger partial charge in [0.2, 0.25) is 0 Å². The van der Waals surface area contributed by atoms with Crippen LogP contribution in [0, 0.1) is 5.92 Å². The molecule has 5 heteroatoms. The van der Waals surface area contributed by atoms with E-state index in [4.69, 9.17) is 10.5 Å². The molecule has 0 radical (unpaired) electrons. The predicted octanol–water partition coefficient (Wildman–Crippen LogP) is 4.41. The summed E-state index contributed by atoms with van der Waals surface area (Å²) in [6.45, 7) is 6.46. The summed E-state index contributed by atoms with van der Waals surface area (Å²) >= 11 is 1.50. The predicted molar refractivity (Wildman–Crippen MR) is 101 cm³/mol. The summed E-state index contributed by atoms with van der Waals surface area (Å²) in [5.74, 6) is 0.421. The molecule has 0 saturated carbocycles. The third-order valence-corrected chi connectivity index (χ3v) is 5.61. The molecule has 0 atom stereocenters. The van der Waals surface area contributed by atoms with Crippen LogP contribution in [0.3, 0.4) is 0 Å². The van der Waals surface area contributed by atoms with E-state index < -0.39 is 0 Å². The number of ether oxygens (including phenoxy) is 1. The zero-order valence-electron chi connectivity index (χ0n) is 14.2. The molecule has 0 unspecified atom stereocenters. The first-order valence-corrected chi connectivity index (χ1v) is 9.33. The maximum Gasteiger partial charge on any atom is 0.341 e. The molecule has 4 nitrogen and oxygen atoms in total. The van der Waals surface area contributed by atoms with Crippen LogP contribution in [0.25, 0.3) is 11.1 Å². The molecule has 128 valence electrons. The highest BCUT2D eigenvalue weighted by atomic mass is 32.1. The fourth-order valence-electron chi connectivity index (χ4n) is 3.15. The standard InChI is InChI=1S/C19H24N2O2S/c1-3-23-19(22)16-15(14-7-5-4-6-8-14)18(24-17(16)20)21-11-9-13(2)10-12-21/h4-8,13H,3,9-12,20H2,1-2H3. The van der Waals surface area contributed by atoms with E-state index in [1.807, 2.05) is 37.3 Å². The second-order valence-corrected chi connectivity index (χ2v) is 7.31. The molecule has 2 heterocycles. The summed E-state index contributed by atoms with van der Waals surface area (Å²) < 4.78 is 5.26. The van der Waals surface area contributed by atoms with Crippen LogP contribution < -0.4 is 10.6 Å². The molecule has 1 aromatic carbocycles. The molecule has 1 aliphatic rings. The van der Waals surface area contributed by atoms with Gasteiger partial charge in [-0.05, 0) is 31.2 Å². The van der Waals surface area contributed by atoms with Crippen LogP contribution in [0.2, 0.25) is 0 Å². The van der Waals surface area contributed by atoms with Gasteiger partial charge in [0.1, 0.15) is 15.6 Å². The number of hydrogen-bond acceptors (Lipinski definition) is 5. The smallest absolute Gasteiger partial charge is 0.341 e. The van der Waals surface area contributed by atoms with Crippen molar-refractivity contribution in [2.24, 2.45) is 5.92 Å². The molecular weight excluding hydrogens is 320 g/mol. The first kappa shape index (κ1) is 16.8. The Balaban J connectivity index is 2.08. The lowest BCUT2D eigenvalue weighted by molar-refractivity contribution is 0.0529. The Labute approximate surface area is 147 Å². The summed E-state index contributed by atoms with van der Waals surface area (Å²) in [6.07, 6.45) is 2.33. The van der Waals surface area contributed by atoms with Crippen LogP contribution in [0.5, 0.6) is 0 Å². The Morgan fingerprint density at radius 1 is 1.29 bits per heavy atom. The molecule has 0 spiro atoms. The number of carbonyl (C=O) groups is 1. The second kappa shape index (κ2) is 7.26. The van der Waals surface area contributed by atoms with E-state index in [-0.39, 0.29) is 5.97 Å². The Morgan fingerprint density at radius 2 is 1.96 bits per heavy atom. The molecule has 0 amide bonds. The van der Waals surface area contributed by atoms with Crippen molar-refractivity contribution in [3.8, 4) is 11.1 Å². The maximum absolute atomic E-state index is 12.5. The summed E-state index contributed by atoms with van der Waals surface area (Å²) in [5.41, 5.74) is 8.69. The molecule has 0 aliphatic carbocycles. The molecule has 1 aromatic heterocycles. The van der Waals surface area contributed by atoms with Crippen LogP contribution in [-0.4, -0.2) is 25.7 Å². The van der Waals surface area contributed by atoms with Gasteiger partial charge in [0.05, 0.1) is 6.61 Å². The Kier molecular flexibility index (Phi) is 5.09. The van der Waals surface area contributed by atoms with Gasteiger partial charge in [-0.25, -0.2) is 4.79 Å². The van der Waals surface area contributed by atoms with E-state index in [2.05, 4.69) is 11.8 Å². The highest BCUT2D eigenvalue weighted by Gasteiger charge is 2.28. The van der Waals surface area contributed by atoms with E-state index in [1.165, 1.54) is 24.2 Å². The number of anilines is 2. The Morgan fingerprint density at radius 3 is 2.58 bits per heavy atom. The van der Waals surface area contributed by atoms with Crippen LogP contribution in [0.15, 0.2) is 30.3 Å². The monoisotopic (exact) mass is 344 g/mol. The third kappa shape index (κ3) is 3.26. The van der Waals surface area contributed by atoms with Crippen LogP contribution in [-0.2, 0) is 4.74 Å². The lowest BCUT2D eigenvalue weighted by Gasteiger charge is -2.32. The van der Waals surface area contributed by atoms with E-state index in [0.717, 1.165) is 35.1 Å². The lowest BCUT2D eigenvalue weighted by Crippen LogP contribution is -2.32. The number of thiophene rings is 1. The molecule has 2 aromatic rings. The summed E-state index contributed by atoms with van der Waals surface area (Å²) in [4.78, 5) is 14.9. The average Bonchev–Trinajstić information content (AvgIpc) is 2.94. The van der Waals surface area contributed by atoms with Gasteiger partial charge in [-0.2, -0.15) is 0 Å². The first-order chi connectivity index (χ1) is 11.6. The molecule has 2 N–H and O–H groups in total. The SMILES string of the molecule is CCOC(=O)c1c(N)sc(N2CCC(C)CC2)c1-c1ccccc1. The molecule has 24 heavy (non-hydrogen) atoms. The van der Waals surface area contributed by atoms with E-state index >= 15 is 0 Å². The van der Waals surface area contributed by atoms with Crippen LogP contribution in [0.4, 0.5) is 10.0 Å². The molecule has 1 saturated heterocycles. The van der Waals surface area contributed by atoms with Gasteiger partial charge < -0.3 is 15.4 Å². The zero-order valence-corrected chi connectivity index (χ0v) is 15.1. The molecule has 3 rings (SSSR count). The number of nitrogens with two attached hydrogens (primary N) is 1. The average molecular weight is 344 g/mol. The van der Waals surface area contributed by atoms with Crippen molar-refractivity contribution >= 4 is 27.3 Å². The van der Waals surface area contributed by atoms with Gasteiger partial charge in [-0.1, -0.05) is 48.6 Å². The minimum absolute atomic E-state index is 0.332. The number of piperidine rings is 1. The van der Waals surface area contributed by atoms with Crippen molar-refractivity contribution < 1.29 is 9.53 Å². The molecule has 1 aliphatic heterocycles. The number of nitrogens with zero attached hydrogens (tertiary/aromatic N) is 1. The van der Waals surface area contributed by atoms with Crippen LogP contribution in [0.1, 0.15) is 37.0 Å². The van der Waals surface area contributed by atoms with Gasteiger partial charge >= 0.3 is 5.97 Å². The summed E-state index contributed by atoms with van der Waals surface area (Å²) in [5, 5.41) is 1.63. The van der Waals surface area contributed by atoms with Gasteiger partial charge in [0, 0.05) is 18.7 Å². The second-order valence-electron chi connectivity index (χ2n) is 6.28. The normalized spacial score (nSPS) is 15.5. The number of carbonyl (C=O) groups excluding carboxylic acids is 1. The quantitative estimate of drug-likeness (QED) is 0.835. The zero-order chi connectivity index (χ0) is 17.1. The fraction of sp³-hybridized carbons (Fsp3) is 0.421. The van der Waals surface area contributed by atoms with Gasteiger partial charge in [0.15, 0.2) is 0 Å². The van der Waals surface area contributed by atoms with E-state index in [9.17, 15) is 4.79 Å². The van der Waals surface area contributed by atoms with Gasteiger partial charge in [-0.3, -0.25) is 0 Å². The summed E-state index contributed by atoms with van der Waals surface area (Å²) in [6, 6.07) is 10.0. The van der Waals surface area contributed by atoms with Crippen molar-refractivity contribution in [2.75, 3.05) is 30.3 Å². The van der Waals surface area contributed by atoms with Crippen molar-refractivity contribution in [3.05, 3.63) is 35.9 Å². The number of hydrogen-bond donors (Lipinski definition) is 1. The van der Waals surface area contributed by atoms with E-state index in [0.29, 0.717) is 17.2 Å². The highest BCUT2D eigenvalue weighted by molar-refractivity contribution is 7.21. The fourth-order valence-corrected chi connectivity index (χ4v) is 4.28. The largest absolute Gasteiger partial charge is 0.462 e.